The molecule has 36 valence electrons. The Bertz CT molecular complexity index is 101. The molecule has 1 unspecified atom stereocenters. The summed E-state index contributed by atoms with van der Waals surface area (Å²) < 4.78 is 0. The third-order valence-corrected chi connectivity index (χ3v) is 1.80. The summed E-state index contributed by atoms with van der Waals surface area (Å²) in [4.78, 5) is 10.6. The Morgan fingerprint density at radius 1 is 1.71 bits per heavy atom. The first kappa shape index (κ1) is 3.65. The molecule has 0 aromatic rings. The Hall–Kier alpha value is -0.330. The van der Waals surface area contributed by atoms with Crippen molar-refractivity contribution in [1.82, 2.24) is 0 Å². The van der Waals surface area contributed by atoms with Gasteiger partial charge >= 0.3 is 0 Å². The fourth-order valence-electron chi connectivity index (χ4n) is 1.25. The van der Waals surface area contributed by atoms with Crippen LogP contribution < -0.4 is 0 Å². The van der Waals surface area contributed by atoms with E-state index in [9.17, 15) is 4.79 Å². The molecule has 3 fully saturated rings. The van der Waals surface area contributed by atoms with E-state index in [4.69, 9.17) is 0 Å². The smallest absolute Gasteiger partial charge is 0.143 e. The van der Waals surface area contributed by atoms with Crippen LogP contribution in [-0.4, -0.2) is 5.78 Å². The van der Waals surface area contributed by atoms with Crippen LogP contribution in [0.5, 0.6) is 0 Å². The van der Waals surface area contributed by atoms with Crippen LogP contribution in [0.4, 0.5) is 0 Å². The summed E-state index contributed by atoms with van der Waals surface area (Å²) in [5.41, 5.74) is 0. The number of carbonyl (C=O) groups excluding carboxylic acids is 1. The molecule has 0 amide bonds. The fraction of sp³-hybridized carbons (Fsp3) is 0.500. The lowest BCUT2D eigenvalue weighted by Crippen LogP contribution is -2.25. The summed E-state index contributed by atoms with van der Waals surface area (Å²) in [6, 6.07) is 0. The van der Waals surface area contributed by atoms with E-state index in [0.29, 0.717) is 11.7 Å². The SMILES string of the molecule is O=C1[C]2C[CH]C1C2. The molecule has 1 heteroatoms. The number of hydrogen-bond donors (Lipinski definition) is 0. The number of Topliss-reactive ketones (excluding diaryl/α,β-unsaturated/α-hetero) is 1. The Morgan fingerprint density at radius 3 is 2.71 bits per heavy atom. The normalized spacial score (nSPS) is 38.9. The lowest BCUT2D eigenvalue weighted by Gasteiger charge is -2.18. The predicted molar refractivity (Wildman–Crippen MR) is 25.3 cm³/mol. The predicted octanol–water partition coefficient (Wildman–Crippen LogP) is 0.758. The maximum atomic E-state index is 10.6. The van der Waals surface area contributed by atoms with Gasteiger partial charge in [0.1, 0.15) is 5.78 Å². The van der Waals surface area contributed by atoms with Crippen LogP contribution in [0.3, 0.4) is 0 Å². The minimum absolute atomic E-state index is 0.356. The van der Waals surface area contributed by atoms with E-state index in [-0.39, 0.29) is 0 Å². The molecule has 0 spiro atoms. The van der Waals surface area contributed by atoms with Crippen LogP contribution in [0, 0.1) is 18.3 Å². The standard InChI is InChI=1S/C6H6O/c7-6-4-1-2-5(6)3-4/h1,4H,2-3H2. The van der Waals surface area contributed by atoms with Gasteiger partial charge in [-0.15, -0.1) is 0 Å². The number of carbonyl (C=O) groups is 1. The van der Waals surface area contributed by atoms with Crippen molar-refractivity contribution in [2.24, 2.45) is 5.92 Å². The number of rotatable bonds is 0. The second-order valence-electron chi connectivity index (χ2n) is 2.22. The summed E-state index contributed by atoms with van der Waals surface area (Å²) in [6.45, 7) is 0. The number of fused-ring (bicyclic) bond motifs is 1. The lowest BCUT2D eigenvalue weighted by molar-refractivity contribution is -0.123. The Kier molecular flexibility index (Phi) is 0.473. The molecular weight excluding hydrogens is 88.1 g/mol. The van der Waals surface area contributed by atoms with Crippen molar-refractivity contribution in [3.8, 4) is 0 Å². The molecule has 0 aromatic heterocycles. The van der Waals surface area contributed by atoms with E-state index in [0.717, 1.165) is 18.8 Å². The van der Waals surface area contributed by atoms with Gasteiger partial charge in [-0.2, -0.15) is 0 Å². The zero-order chi connectivity index (χ0) is 4.85. The molecule has 3 aliphatic carbocycles. The van der Waals surface area contributed by atoms with E-state index in [1.807, 2.05) is 0 Å². The van der Waals surface area contributed by atoms with Gasteiger partial charge in [0.05, 0.1) is 0 Å². The van der Waals surface area contributed by atoms with E-state index >= 15 is 0 Å². The fourth-order valence-corrected chi connectivity index (χ4v) is 1.25. The monoisotopic (exact) mass is 94.0 g/mol. The Labute approximate surface area is 42.7 Å². The van der Waals surface area contributed by atoms with Crippen molar-refractivity contribution < 1.29 is 4.79 Å². The molecule has 7 heavy (non-hydrogen) atoms. The molecule has 0 aliphatic heterocycles. The average Bonchev–Trinajstić information content (AvgIpc) is 2.18. The van der Waals surface area contributed by atoms with Gasteiger partial charge in [-0.25, -0.2) is 0 Å². The summed E-state index contributed by atoms with van der Waals surface area (Å²) in [6.07, 6.45) is 4.18. The molecular formula is C6H6O. The summed E-state index contributed by atoms with van der Waals surface area (Å²) in [5, 5.41) is 0. The van der Waals surface area contributed by atoms with Crippen molar-refractivity contribution >= 4 is 5.78 Å². The van der Waals surface area contributed by atoms with Crippen LogP contribution in [0.2, 0.25) is 0 Å². The van der Waals surface area contributed by atoms with Crippen LogP contribution >= 0.6 is 0 Å². The zero-order valence-corrected chi connectivity index (χ0v) is 3.98. The van der Waals surface area contributed by atoms with E-state index in [2.05, 4.69) is 6.42 Å². The lowest BCUT2D eigenvalue weighted by atomic mass is 9.83. The minimum Gasteiger partial charge on any atom is -0.299 e. The third kappa shape index (κ3) is 0.275. The van der Waals surface area contributed by atoms with Gasteiger partial charge in [-0.3, -0.25) is 4.79 Å². The third-order valence-electron chi connectivity index (χ3n) is 1.80. The largest absolute Gasteiger partial charge is 0.299 e. The van der Waals surface area contributed by atoms with Crippen molar-refractivity contribution in [2.45, 2.75) is 12.8 Å². The van der Waals surface area contributed by atoms with Crippen molar-refractivity contribution in [3.05, 3.63) is 12.3 Å². The second kappa shape index (κ2) is 0.908. The van der Waals surface area contributed by atoms with Crippen LogP contribution in [0.1, 0.15) is 12.8 Å². The van der Waals surface area contributed by atoms with Crippen LogP contribution in [0.15, 0.2) is 0 Å². The van der Waals surface area contributed by atoms with Gasteiger partial charge in [-0.1, -0.05) is 0 Å². The van der Waals surface area contributed by atoms with Crippen molar-refractivity contribution in [2.75, 3.05) is 0 Å². The summed E-state index contributed by atoms with van der Waals surface area (Å²) >= 11 is 0. The van der Waals surface area contributed by atoms with Gasteiger partial charge in [0.2, 0.25) is 0 Å². The Morgan fingerprint density at radius 2 is 2.57 bits per heavy atom. The highest BCUT2D eigenvalue weighted by atomic mass is 16.1. The van der Waals surface area contributed by atoms with E-state index in [1.54, 1.807) is 0 Å². The molecule has 0 saturated heterocycles. The van der Waals surface area contributed by atoms with Gasteiger partial charge < -0.3 is 0 Å². The first-order valence-electron chi connectivity index (χ1n) is 2.60. The molecule has 0 aromatic carbocycles. The van der Waals surface area contributed by atoms with E-state index in [1.165, 1.54) is 0 Å². The van der Waals surface area contributed by atoms with Gasteiger partial charge in [0.25, 0.3) is 0 Å². The molecule has 2 bridgehead atoms. The van der Waals surface area contributed by atoms with Crippen molar-refractivity contribution in [1.29, 1.82) is 0 Å². The topological polar surface area (TPSA) is 17.1 Å². The molecule has 0 N–H and O–H groups in total. The molecule has 1 nitrogen and oxygen atoms in total. The summed E-state index contributed by atoms with van der Waals surface area (Å²) in [7, 11) is 0. The maximum Gasteiger partial charge on any atom is 0.143 e. The number of ketones is 1. The molecule has 3 rings (SSSR count). The molecule has 0 heterocycles. The highest BCUT2D eigenvalue weighted by Gasteiger charge is 2.46. The summed E-state index contributed by atoms with van der Waals surface area (Å²) in [5.74, 6) is 1.93. The van der Waals surface area contributed by atoms with Gasteiger partial charge in [0.15, 0.2) is 0 Å². The first-order chi connectivity index (χ1) is 3.38. The molecule has 2 radical (unpaired) electrons. The highest BCUT2D eigenvalue weighted by Crippen LogP contribution is 2.45. The molecule has 3 aliphatic rings. The average molecular weight is 94.1 g/mol. The highest BCUT2D eigenvalue weighted by molar-refractivity contribution is 6.04. The minimum atomic E-state index is 0.356. The molecule has 1 atom stereocenters. The maximum absolute atomic E-state index is 10.6. The zero-order valence-electron chi connectivity index (χ0n) is 3.98. The Balaban J connectivity index is 2.29. The second-order valence-corrected chi connectivity index (χ2v) is 2.22. The quantitative estimate of drug-likeness (QED) is 0.433. The first-order valence-corrected chi connectivity index (χ1v) is 2.60. The number of hydrogen-bond acceptors (Lipinski definition) is 1. The molecule has 3 saturated carbocycles. The van der Waals surface area contributed by atoms with Gasteiger partial charge in [-0.05, 0) is 19.3 Å². The van der Waals surface area contributed by atoms with Crippen molar-refractivity contribution in [3.63, 3.8) is 0 Å². The van der Waals surface area contributed by atoms with Gasteiger partial charge in [0, 0.05) is 11.8 Å². The van der Waals surface area contributed by atoms with E-state index < -0.39 is 0 Å². The van der Waals surface area contributed by atoms with Crippen LogP contribution in [0.25, 0.3) is 0 Å². The van der Waals surface area contributed by atoms with Crippen LogP contribution in [-0.2, 0) is 4.79 Å².